The Morgan fingerprint density at radius 2 is 2.11 bits per heavy atom. The van der Waals surface area contributed by atoms with Crippen molar-refractivity contribution < 1.29 is 9.53 Å². The number of carbonyl (C=O) groups is 1. The molecule has 0 aromatic carbocycles. The quantitative estimate of drug-likeness (QED) is 0.721. The number of hydrogen-bond donors (Lipinski definition) is 3. The highest BCUT2D eigenvalue weighted by atomic mass is 16.6. The molecule has 5 nitrogen and oxygen atoms in total. The number of ether oxygens (including phenoxy) is 1. The number of hydrogen-bond acceptors (Lipinski definition) is 4. The molecule has 0 radical (unpaired) electrons. The van der Waals surface area contributed by atoms with Gasteiger partial charge in [0.1, 0.15) is 5.60 Å². The number of piperidine rings is 1. The summed E-state index contributed by atoms with van der Waals surface area (Å²) in [7, 11) is 0. The minimum absolute atomic E-state index is 0.235. The van der Waals surface area contributed by atoms with Gasteiger partial charge in [0, 0.05) is 24.7 Å². The smallest absolute Gasteiger partial charge is 0.407 e. The van der Waals surface area contributed by atoms with E-state index in [-0.39, 0.29) is 12.1 Å². The highest BCUT2D eigenvalue weighted by Crippen LogP contribution is 2.22. The first-order valence-electron chi connectivity index (χ1n) is 7.40. The van der Waals surface area contributed by atoms with Crippen LogP contribution >= 0.6 is 0 Å². The van der Waals surface area contributed by atoms with Crippen LogP contribution in [0.4, 0.5) is 4.79 Å². The van der Waals surface area contributed by atoms with Crippen molar-refractivity contribution in [1.82, 2.24) is 16.0 Å². The minimum Gasteiger partial charge on any atom is -0.444 e. The summed E-state index contributed by atoms with van der Waals surface area (Å²) < 4.78 is 5.24. The molecule has 3 unspecified atom stereocenters. The van der Waals surface area contributed by atoms with Crippen LogP contribution in [0.5, 0.6) is 0 Å². The summed E-state index contributed by atoms with van der Waals surface area (Å²) in [6.07, 6.45) is 4.57. The van der Waals surface area contributed by atoms with Gasteiger partial charge >= 0.3 is 6.09 Å². The van der Waals surface area contributed by atoms with Crippen molar-refractivity contribution in [3.63, 3.8) is 0 Å². The molecule has 2 rings (SSSR count). The molecule has 1 aliphatic heterocycles. The second-order valence-electron chi connectivity index (χ2n) is 6.65. The van der Waals surface area contributed by atoms with Gasteiger partial charge in [-0.05, 0) is 46.6 Å². The van der Waals surface area contributed by atoms with Crippen LogP contribution in [0, 0.1) is 0 Å². The van der Waals surface area contributed by atoms with Gasteiger partial charge in [0.25, 0.3) is 0 Å². The Hall–Kier alpha value is -0.810. The number of nitrogens with one attached hydrogen (secondary N) is 3. The lowest BCUT2D eigenvalue weighted by molar-refractivity contribution is 0.0522. The van der Waals surface area contributed by atoms with E-state index in [0.29, 0.717) is 12.1 Å². The first kappa shape index (κ1) is 14.6. The Morgan fingerprint density at radius 3 is 2.74 bits per heavy atom. The third kappa shape index (κ3) is 5.37. The van der Waals surface area contributed by atoms with E-state index in [1.165, 1.54) is 19.3 Å². The maximum absolute atomic E-state index is 11.6. The van der Waals surface area contributed by atoms with E-state index in [1.807, 2.05) is 20.8 Å². The van der Waals surface area contributed by atoms with Gasteiger partial charge in [-0.15, -0.1) is 0 Å². The van der Waals surface area contributed by atoms with Crippen molar-refractivity contribution in [2.24, 2.45) is 0 Å². The van der Waals surface area contributed by atoms with Gasteiger partial charge in [0.05, 0.1) is 0 Å². The normalized spacial score (nSPS) is 30.8. The van der Waals surface area contributed by atoms with E-state index in [1.54, 1.807) is 0 Å². The van der Waals surface area contributed by atoms with Gasteiger partial charge in [0.2, 0.25) is 0 Å². The van der Waals surface area contributed by atoms with Gasteiger partial charge in [-0.2, -0.15) is 0 Å². The molecule has 1 amide bonds. The summed E-state index contributed by atoms with van der Waals surface area (Å²) in [5.41, 5.74) is -0.423. The average molecular weight is 269 g/mol. The predicted molar refractivity (Wildman–Crippen MR) is 75.2 cm³/mol. The summed E-state index contributed by atoms with van der Waals surface area (Å²) >= 11 is 0. The Bertz CT molecular complexity index is 308. The van der Waals surface area contributed by atoms with E-state index < -0.39 is 5.60 Å². The highest BCUT2D eigenvalue weighted by molar-refractivity contribution is 5.68. The van der Waals surface area contributed by atoms with Crippen LogP contribution in [0.3, 0.4) is 0 Å². The molecule has 2 fully saturated rings. The zero-order valence-corrected chi connectivity index (χ0v) is 12.3. The first-order chi connectivity index (χ1) is 8.94. The van der Waals surface area contributed by atoms with Crippen LogP contribution in [0.15, 0.2) is 0 Å². The van der Waals surface area contributed by atoms with E-state index in [2.05, 4.69) is 16.0 Å². The number of rotatable bonds is 4. The zero-order chi connectivity index (χ0) is 13.9. The van der Waals surface area contributed by atoms with Crippen molar-refractivity contribution >= 4 is 6.09 Å². The van der Waals surface area contributed by atoms with Crippen molar-refractivity contribution in [1.29, 1.82) is 0 Å². The van der Waals surface area contributed by atoms with Crippen LogP contribution < -0.4 is 16.0 Å². The van der Waals surface area contributed by atoms with Crippen LogP contribution in [0.2, 0.25) is 0 Å². The molecule has 5 heteroatoms. The highest BCUT2D eigenvalue weighted by Gasteiger charge is 2.39. The van der Waals surface area contributed by atoms with E-state index >= 15 is 0 Å². The largest absolute Gasteiger partial charge is 0.444 e. The fourth-order valence-corrected chi connectivity index (χ4v) is 2.43. The lowest BCUT2D eigenvalue weighted by Gasteiger charge is -2.24. The summed E-state index contributed by atoms with van der Waals surface area (Å²) in [5, 5.41) is 9.93. The Labute approximate surface area is 115 Å². The van der Waals surface area contributed by atoms with Crippen LogP contribution in [0.1, 0.15) is 46.5 Å². The van der Waals surface area contributed by atoms with Crippen molar-refractivity contribution in [3.8, 4) is 0 Å². The van der Waals surface area contributed by atoms with E-state index in [0.717, 1.165) is 19.5 Å². The van der Waals surface area contributed by atoms with Crippen molar-refractivity contribution in [2.45, 2.75) is 70.2 Å². The van der Waals surface area contributed by atoms with Gasteiger partial charge in [0.15, 0.2) is 0 Å². The molecule has 1 saturated carbocycles. The molecule has 1 heterocycles. The molecule has 2 aliphatic rings. The van der Waals surface area contributed by atoms with E-state index in [9.17, 15) is 4.79 Å². The summed E-state index contributed by atoms with van der Waals surface area (Å²) in [6, 6.07) is 1.24. The maximum Gasteiger partial charge on any atom is 0.407 e. The zero-order valence-electron chi connectivity index (χ0n) is 12.3. The standard InChI is InChI=1S/C14H27N3O2/c1-14(2,3)19-13(18)17-12-8-11(12)16-9-10-6-4-5-7-15-10/h10-12,15-16H,4-9H2,1-3H3,(H,17,18). The molecular weight excluding hydrogens is 242 g/mol. The monoisotopic (exact) mass is 269 g/mol. The van der Waals surface area contributed by atoms with Crippen molar-refractivity contribution in [3.05, 3.63) is 0 Å². The molecule has 1 saturated heterocycles. The summed E-state index contributed by atoms with van der Waals surface area (Å²) in [4.78, 5) is 11.6. The molecular formula is C14H27N3O2. The van der Waals surface area contributed by atoms with Crippen LogP contribution in [-0.2, 0) is 4.74 Å². The lowest BCUT2D eigenvalue weighted by atomic mass is 10.1. The lowest BCUT2D eigenvalue weighted by Crippen LogP contribution is -2.44. The molecule has 19 heavy (non-hydrogen) atoms. The molecule has 0 spiro atoms. The second kappa shape index (κ2) is 6.09. The fourth-order valence-electron chi connectivity index (χ4n) is 2.43. The Balaban J connectivity index is 1.58. The molecule has 0 bridgehead atoms. The molecule has 0 aromatic heterocycles. The second-order valence-corrected chi connectivity index (χ2v) is 6.65. The van der Waals surface area contributed by atoms with Crippen molar-refractivity contribution in [2.75, 3.05) is 13.1 Å². The SMILES string of the molecule is CC(C)(C)OC(=O)NC1CC1NCC1CCCCN1. The Kier molecular flexibility index (Phi) is 4.68. The summed E-state index contributed by atoms with van der Waals surface area (Å²) in [6.45, 7) is 7.77. The van der Waals surface area contributed by atoms with Crippen LogP contribution in [0.25, 0.3) is 0 Å². The molecule has 110 valence electrons. The number of amides is 1. The Morgan fingerprint density at radius 1 is 1.32 bits per heavy atom. The fraction of sp³-hybridized carbons (Fsp3) is 0.929. The minimum atomic E-state index is -0.423. The number of alkyl carbamates (subject to hydrolysis) is 1. The maximum atomic E-state index is 11.6. The van der Waals surface area contributed by atoms with Crippen LogP contribution in [-0.4, -0.2) is 42.9 Å². The average Bonchev–Trinajstić information content (AvgIpc) is 3.03. The van der Waals surface area contributed by atoms with Gasteiger partial charge in [-0.1, -0.05) is 6.42 Å². The molecule has 3 atom stereocenters. The van der Waals surface area contributed by atoms with Gasteiger partial charge < -0.3 is 20.7 Å². The molecule has 1 aliphatic carbocycles. The third-order valence-electron chi connectivity index (χ3n) is 3.53. The van der Waals surface area contributed by atoms with Gasteiger partial charge in [-0.3, -0.25) is 0 Å². The number of carbonyl (C=O) groups excluding carboxylic acids is 1. The molecule has 3 N–H and O–H groups in total. The predicted octanol–water partition coefficient (Wildman–Crippen LogP) is 1.38. The summed E-state index contributed by atoms with van der Waals surface area (Å²) in [5.74, 6) is 0. The topological polar surface area (TPSA) is 62.4 Å². The van der Waals surface area contributed by atoms with E-state index in [4.69, 9.17) is 4.74 Å². The molecule has 0 aromatic rings. The third-order valence-corrected chi connectivity index (χ3v) is 3.53. The first-order valence-corrected chi connectivity index (χ1v) is 7.40. The van der Waals surface area contributed by atoms with Gasteiger partial charge in [-0.25, -0.2) is 4.79 Å².